The summed E-state index contributed by atoms with van der Waals surface area (Å²) in [4.78, 5) is 39.0. The van der Waals surface area contributed by atoms with Crippen LogP contribution in [-0.2, 0) is 27.3 Å². The van der Waals surface area contributed by atoms with Crippen LogP contribution in [0.5, 0.6) is 0 Å². The number of Topliss-reactive ketones (excluding diaryl/α,β-unsaturated/α-hetero) is 1. The Kier molecular flexibility index (Phi) is 5.97. The fourth-order valence-electron chi connectivity index (χ4n) is 4.62. The first-order chi connectivity index (χ1) is 14.8. The van der Waals surface area contributed by atoms with Crippen molar-refractivity contribution < 1.29 is 19.1 Å². The molecule has 2 saturated heterocycles. The normalized spacial score (nSPS) is 22.6. The molecule has 2 atom stereocenters. The largest absolute Gasteiger partial charge is 0.456 e. The zero-order valence-corrected chi connectivity index (χ0v) is 19.0. The summed E-state index contributed by atoms with van der Waals surface area (Å²) in [5.41, 5.74) is 3.72. The average molecular weight is 441 g/mol. The zero-order chi connectivity index (χ0) is 22.2. The molecule has 1 aromatic carbocycles. The van der Waals surface area contributed by atoms with Crippen LogP contribution in [0.25, 0.3) is 0 Å². The van der Waals surface area contributed by atoms with Crippen molar-refractivity contribution >= 4 is 29.4 Å². The summed E-state index contributed by atoms with van der Waals surface area (Å²) in [6.45, 7) is 6.38. The van der Waals surface area contributed by atoms with Crippen LogP contribution in [0.15, 0.2) is 36.4 Å². The van der Waals surface area contributed by atoms with Crippen LogP contribution in [0.3, 0.4) is 0 Å². The molecule has 0 N–H and O–H groups in total. The maximum atomic E-state index is 12.8. The van der Waals surface area contributed by atoms with E-state index in [1.807, 2.05) is 45.0 Å². The summed E-state index contributed by atoms with van der Waals surface area (Å²) >= 11 is 1.61. The number of ketones is 1. The lowest BCUT2D eigenvalue weighted by atomic mass is 10.1. The van der Waals surface area contributed by atoms with Gasteiger partial charge in [-0.15, -0.1) is 11.8 Å². The molecule has 3 heterocycles. The average Bonchev–Trinajstić information content (AvgIpc) is 3.36. The van der Waals surface area contributed by atoms with Gasteiger partial charge < -0.3 is 14.2 Å². The molecule has 31 heavy (non-hydrogen) atoms. The lowest BCUT2D eigenvalue weighted by Crippen LogP contribution is -2.46. The number of aryl methyl sites for hydroxylation is 2. The van der Waals surface area contributed by atoms with E-state index in [2.05, 4.69) is 16.7 Å². The van der Waals surface area contributed by atoms with Gasteiger partial charge in [0.25, 0.3) is 0 Å². The van der Waals surface area contributed by atoms with Crippen LogP contribution in [-0.4, -0.2) is 50.4 Å². The third kappa shape index (κ3) is 4.15. The van der Waals surface area contributed by atoms with E-state index >= 15 is 0 Å². The number of rotatable bonds is 7. The van der Waals surface area contributed by atoms with Crippen molar-refractivity contribution in [2.24, 2.45) is 0 Å². The molecule has 2 aliphatic heterocycles. The minimum absolute atomic E-state index is 0.0114. The number of amides is 1. The SMILES string of the molecule is Cc1cc(C(=O)COC(=O)[C@@H]2CS[C@]3(C)CCC(=O)N23)c(C)n1CCc1ccccc1. The second kappa shape index (κ2) is 8.54. The summed E-state index contributed by atoms with van der Waals surface area (Å²) in [6, 6.07) is 11.5. The summed E-state index contributed by atoms with van der Waals surface area (Å²) in [5, 5.41) is 0. The lowest BCUT2D eigenvalue weighted by molar-refractivity contribution is -0.152. The summed E-state index contributed by atoms with van der Waals surface area (Å²) < 4.78 is 7.50. The quantitative estimate of drug-likeness (QED) is 0.487. The first-order valence-electron chi connectivity index (χ1n) is 10.7. The fourth-order valence-corrected chi connectivity index (χ4v) is 6.04. The molecule has 0 aliphatic carbocycles. The highest BCUT2D eigenvalue weighted by Crippen LogP contribution is 2.47. The van der Waals surface area contributed by atoms with Gasteiger partial charge in [0.05, 0.1) is 4.87 Å². The number of thioether (sulfide) groups is 1. The molecule has 7 heteroatoms. The molecule has 6 nitrogen and oxygen atoms in total. The predicted octanol–water partition coefficient (Wildman–Crippen LogP) is 3.53. The van der Waals surface area contributed by atoms with Crippen molar-refractivity contribution in [1.29, 1.82) is 0 Å². The Hall–Kier alpha value is -2.54. The zero-order valence-electron chi connectivity index (χ0n) is 18.2. The number of carbonyl (C=O) groups is 3. The van der Waals surface area contributed by atoms with Gasteiger partial charge in [-0.05, 0) is 45.2 Å². The minimum atomic E-state index is -0.601. The van der Waals surface area contributed by atoms with E-state index in [-0.39, 0.29) is 23.2 Å². The number of aromatic nitrogens is 1. The van der Waals surface area contributed by atoms with Gasteiger partial charge in [-0.3, -0.25) is 9.59 Å². The molecule has 4 rings (SSSR count). The van der Waals surface area contributed by atoms with Gasteiger partial charge >= 0.3 is 5.97 Å². The van der Waals surface area contributed by atoms with Gasteiger partial charge in [-0.2, -0.15) is 0 Å². The van der Waals surface area contributed by atoms with Crippen molar-refractivity contribution in [3.05, 3.63) is 58.9 Å². The molecule has 2 fully saturated rings. The Balaban J connectivity index is 1.38. The predicted molar refractivity (Wildman–Crippen MR) is 120 cm³/mol. The second-order valence-corrected chi connectivity index (χ2v) is 9.97. The van der Waals surface area contributed by atoms with E-state index in [9.17, 15) is 14.4 Å². The molecule has 0 unspecified atom stereocenters. The van der Waals surface area contributed by atoms with E-state index in [4.69, 9.17) is 4.74 Å². The van der Waals surface area contributed by atoms with Crippen LogP contribution in [0.1, 0.15) is 47.1 Å². The van der Waals surface area contributed by atoms with Crippen molar-refractivity contribution in [3.63, 3.8) is 0 Å². The Bertz CT molecular complexity index is 1020. The smallest absolute Gasteiger partial charge is 0.330 e. The Morgan fingerprint density at radius 2 is 1.97 bits per heavy atom. The van der Waals surface area contributed by atoms with Gasteiger partial charge in [0.2, 0.25) is 11.7 Å². The highest BCUT2D eigenvalue weighted by Gasteiger charge is 2.53. The maximum Gasteiger partial charge on any atom is 0.330 e. The van der Waals surface area contributed by atoms with E-state index in [1.54, 1.807) is 16.7 Å². The molecule has 2 aliphatic rings. The molecular weight excluding hydrogens is 412 g/mol. The molecule has 0 saturated carbocycles. The van der Waals surface area contributed by atoms with Crippen molar-refractivity contribution in [2.45, 2.75) is 57.5 Å². The number of hydrogen-bond donors (Lipinski definition) is 0. The van der Waals surface area contributed by atoms with Crippen molar-refractivity contribution in [3.8, 4) is 0 Å². The minimum Gasteiger partial charge on any atom is -0.456 e. The molecule has 0 radical (unpaired) electrons. The monoisotopic (exact) mass is 440 g/mol. The number of benzene rings is 1. The van der Waals surface area contributed by atoms with Crippen LogP contribution >= 0.6 is 11.8 Å². The fraction of sp³-hybridized carbons (Fsp3) is 0.458. The summed E-state index contributed by atoms with van der Waals surface area (Å²) in [7, 11) is 0. The molecule has 1 amide bonds. The first kappa shape index (κ1) is 21.7. The third-order valence-corrected chi connectivity index (χ3v) is 7.91. The standard InChI is InChI=1S/C24H28N2O4S/c1-16-13-19(17(2)25(16)12-10-18-7-5-4-6-8-18)21(27)14-30-23(29)20-15-31-24(3)11-9-22(28)26(20)24/h4-8,13,20H,9-12,14-15H2,1-3H3/t20-,24+/m0/s1. The number of ether oxygens (including phenoxy) is 1. The molecular formula is C24H28N2O4S. The van der Waals surface area contributed by atoms with Crippen LogP contribution in [0.2, 0.25) is 0 Å². The number of nitrogens with zero attached hydrogens (tertiary/aromatic N) is 2. The van der Waals surface area contributed by atoms with Crippen molar-refractivity contribution in [2.75, 3.05) is 12.4 Å². The highest BCUT2D eigenvalue weighted by molar-refractivity contribution is 8.01. The molecule has 1 aromatic heterocycles. The number of hydrogen-bond acceptors (Lipinski definition) is 5. The Morgan fingerprint density at radius 1 is 1.23 bits per heavy atom. The summed E-state index contributed by atoms with van der Waals surface area (Å²) in [5.74, 6) is -0.197. The van der Waals surface area contributed by atoms with E-state index < -0.39 is 12.0 Å². The van der Waals surface area contributed by atoms with Gasteiger partial charge in [0, 0.05) is 35.7 Å². The third-order valence-electron chi connectivity index (χ3n) is 6.40. The lowest BCUT2D eigenvalue weighted by Gasteiger charge is -2.29. The molecule has 0 bridgehead atoms. The van der Waals surface area contributed by atoms with Gasteiger partial charge in [0.1, 0.15) is 6.04 Å². The molecule has 0 spiro atoms. The Labute approximate surface area is 186 Å². The number of esters is 1. The van der Waals surface area contributed by atoms with Gasteiger partial charge in [0.15, 0.2) is 6.61 Å². The van der Waals surface area contributed by atoms with E-state index in [0.29, 0.717) is 17.7 Å². The van der Waals surface area contributed by atoms with Crippen LogP contribution < -0.4 is 0 Å². The number of carbonyl (C=O) groups excluding carboxylic acids is 3. The summed E-state index contributed by atoms with van der Waals surface area (Å²) in [6.07, 6.45) is 2.08. The Morgan fingerprint density at radius 3 is 2.71 bits per heavy atom. The molecule has 2 aromatic rings. The van der Waals surface area contributed by atoms with Gasteiger partial charge in [-0.1, -0.05) is 30.3 Å². The van der Waals surface area contributed by atoms with Crippen molar-refractivity contribution in [1.82, 2.24) is 9.47 Å². The first-order valence-corrected chi connectivity index (χ1v) is 11.7. The number of fused-ring (bicyclic) bond motifs is 1. The van der Waals surface area contributed by atoms with E-state index in [1.165, 1.54) is 5.56 Å². The maximum absolute atomic E-state index is 12.8. The topological polar surface area (TPSA) is 68.6 Å². The van der Waals surface area contributed by atoms with Crippen LogP contribution in [0.4, 0.5) is 0 Å². The second-order valence-electron chi connectivity index (χ2n) is 8.47. The van der Waals surface area contributed by atoms with Gasteiger partial charge in [-0.25, -0.2) is 4.79 Å². The van der Waals surface area contributed by atoms with Crippen LogP contribution in [0, 0.1) is 13.8 Å². The van der Waals surface area contributed by atoms with E-state index in [0.717, 1.165) is 30.8 Å². The highest BCUT2D eigenvalue weighted by atomic mass is 32.2. The molecule has 164 valence electrons.